The normalized spacial score (nSPS) is 12.0. The number of nitrogens with one attached hydrogen (secondary N) is 1. The number of nitrogens with two attached hydrogens (primary N) is 1. The Morgan fingerprint density at radius 2 is 1.75 bits per heavy atom. The molecule has 0 spiro atoms. The van der Waals surface area contributed by atoms with Crippen molar-refractivity contribution in [2.75, 3.05) is 6.54 Å². The van der Waals surface area contributed by atoms with Crippen LogP contribution in [0.5, 0.6) is 0 Å². The molecule has 1 heterocycles. The van der Waals surface area contributed by atoms with Crippen LogP contribution in [0.2, 0.25) is 0 Å². The Bertz CT molecular complexity index is 1850. The second-order valence-electron chi connectivity index (χ2n) is 10.1. The van der Waals surface area contributed by atoms with Crippen LogP contribution in [0.4, 0.5) is 17.6 Å². The molecule has 4 aromatic rings. The summed E-state index contributed by atoms with van der Waals surface area (Å²) in [6, 6.07) is 12.4. The van der Waals surface area contributed by atoms with Crippen LogP contribution in [0.15, 0.2) is 70.4 Å². The number of amides is 1. The quantitative estimate of drug-likeness (QED) is 0.177. The lowest BCUT2D eigenvalue weighted by Gasteiger charge is -2.14. The van der Waals surface area contributed by atoms with Crippen molar-refractivity contribution in [1.29, 1.82) is 0 Å². The van der Waals surface area contributed by atoms with E-state index < -0.39 is 44.9 Å². The topological polar surface area (TPSA) is 129 Å². The molecule has 0 saturated heterocycles. The highest BCUT2D eigenvalue weighted by Crippen LogP contribution is 2.34. The number of aryl methyl sites for hydroxylation is 1. The number of unbranched alkanes of at least 4 members (excludes halogenated alkanes) is 1. The molecule has 0 bridgehead atoms. The Morgan fingerprint density at radius 3 is 2.39 bits per heavy atom. The lowest BCUT2D eigenvalue weighted by atomic mass is 10.0. The van der Waals surface area contributed by atoms with Crippen LogP contribution in [0, 0.1) is 5.82 Å². The van der Waals surface area contributed by atoms with Crippen LogP contribution in [0.25, 0.3) is 16.8 Å². The number of sulfonamides is 1. The fourth-order valence-electron chi connectivity index (χ4n) is 4.70. The Balaban J connectivity index is 1.78. The molecule has 0 aliphatic carbocycles. The Hall–Kier alpha value is -4.30. The third kappa shape index (κ3) is 7.08. The van der Waals surface area contributed by atoms with E-state index in [4.69, 9.17) is 5.14 Å². The minimum absolute atomic E-state index is 0.0148. The van der Waals surface area contributed by atoms with Crippen LogP contribution < -0.4 is 16.1 Å². The number of primary sulfonamides is 1. The van der Waals surface area contributed by atoms with Gasteiger partial charge in [0.25, 0.3) is 5.91 Å². The molecule has 1 aromatic heterocycles. The molecule has 1 amide bonds. The van der Waals surface area contributed by atoms with Crippen LogP contribution in [-0.4, -0.2) is 35.2 Å². The van der Waals surface area contributed by atoms with E-state index in [1.807, 2.05) is 6.92 Å². The van der Waals surface area contributed by atoms with Gasteiger partial charge in [0.2, 0.25) is 10.0 Å². The van der Waals surface area contributed by atoms with Gasteiger partial charge in [0, 0.05) is 29.7 Å². The van der Waals surface area contributed by atoms with E-state index in [9.17, 15) is 31.2 Å². The molecule has 3 N–H and O–H groups in total. The van der Waals surface area contributed by atoms with Gasteiger partial charge in [0.15, 0.2) is 0 Å². The third-order valence-electron chi connectivity index (χ3n) is 6.91. The highest BCUT2D eigenvalue weighted by atomic mass is 32.2. The number of alkyl halides is 3. The van der Waals surface area contributed by atoms with E-state index >= 15 is 4.39 Å². The zero-order chi connectivity index (χ0) is 32.2. The smallest absolute Gasteiger partial charge is 0.352 e. The monoisotopic (exact) mass is 633 g/mol. The number of benzene rings is 3. The van der Waals surface area contributed by atoms with Crippen molar-refractivity contribution in [2.24, 2.45) is 5.14 Å². The summed E-state index contributed by atoms with van der Waals surface area (Å²) in [7, 11) is -4.11. The summed E-state index contributed by atoms with van der Waals surface area (Å²) >= 11 is 0. The van der Waals surface area contributed by atoms with Crippen molar-refractivity contribution in [3.63, 3.8) is 0 Å². The van der Waals surface area contributed by atoms with Crippen LogP contribution >= 0.6 is 0 Å². The van der Waals surface area contributed by atoms with Crippen molar-refractivity contribution in [3.05, 3.63) is 99.5 Å². The maximum Gasteiger partial charge on any atom is 0.418 e. The first-order valence-electron chi connectivity index (χ1n) is 13.8. The number of carbonyl (C=O) groups excluding carboxylic acids is 1. The molecule has 234 valence electrons. The van der Waals surface area contributed by atoms with Crippen molar-refractivity contribution in [2.45, 2.75) is 57.1 Å². The summed E-state index contributed by atoms with van der Waals surface area (Å²) in [6.07, 6.45) is -2.70. The van der Waals surface area contributed by atoms with Crippen molar-refractivity contribution >= 4 is 15.9 Å². The van der Waals surface area contributed by atoms with Gasteiger partial charge in [0.05, 0.1) is 22.7 Å². The highest BCUT2D eigenvalue weighted by Gasteiger charge is 2.36. The van der Waals surface area contributed by atoms with Crippen LogP contribution in [-0.2, 0) is 29.2 Å². The predicted molar refractivity (Wildman–Crippen MR) is 156 cm³/mol. The first kappa shape index (κ1) is 32.6. The number of nitrogens with zero attached hydrogens (tertiary/aromatic N) is 3. The van der Waals surface area contributed by atoms with Gasteiger partial charge >= 0.3 is 11.9 Å². The fourth-order valence-corrected chi connectivity index (χ4v) is 5.46. The third-order valence-corrected chi connectivity index (χ3v) is 7.88. The van der Waals surface area contributed by atoms with E-state index in [2.05, 4.69) is 10.4 Å². The average Bonchev–Trinajstić information content (AvgIpc) is 3.27. The highest BCUT2D eigenvalue weighted by molar-refractivity contribution is 7.89. The molecule has 3 aromatic carbocycles. The van der Waals surface area contributed by atoms with Crippen molar-refractivity contribution in [3.8, 4) is 16.8 Å². The SMILES string of the molecule is CCCCNC(=O)c1ccc(C(F)(F)F)c(-n2nc(CCC)n(Cc3ccc(-c4ccccc4S(N)(=O)=O)cc3F)c2=O)c1. The molecule has 0 atom stereocenters. The van der Waals surface area contributed by atoms with Gasteiger partial charge in [-0.3, -0.25) is 9.36 Å². The van der Waals surface area contributed by atoms with E-state index in [0.29, 0.717) is 24.1 Å². The minimum atomic E-state index is -4.87. The number of aromatic nitrogens is 3. The largest absolute Gasteiger partial charge is 0.418 e. The molecule has 14 heteroatoms. The van der Waals surface area contributed by atoms with E-state index in [1.165, 1.54) is 30.3 Å². The maximum atomic E-state index is 15.4. The second kappa shape index (κ2) is 13.1. The molecule has 0 fully saturated rings. The van der Waals surface area contributed by atoms with Gasteiger partial charge in [-0.25, -0.2) is 22.7 Å². The van der Waals surface area contributed by atoms with Crippen LogP contribution in [0.1, 0.15) is 60.4 Å². The Labute approximate surface area is 251 Å². The van der Waals surface area contributed by atoms with E-state index in [-0.39, 0.29) is 45.9 Å². The van der Waals surface area contributed by atoms with Crippen molar-refractivity contribution < 1.29 is 30.8 Å². The molecule has 0 unspecified atom stereocenters. The summed E-state index contributed by atoms with van der Waals surface area (Å²) in [5.41, 5.74) is -2.42. The average molecular weight is 634 g/mol. The Kier molecular flexibility index (Phi) is 9.74. The molecule has 0 saturated carbocycles. The number of halogens is 4. The number of hydrogen-bond acceptors (Lipinski definition) is 5. The zero-order valence-electron chi connectivity index (χ0n) is 24.0. The van der Waals surface area contributed by atoms with Gasteiger partial charge in [-0.05, 0) is 48.7 Å². The summed E-state index contributed by atoms with van der Waals surface area (Å²) < 4.78 is 83.2. The number of rotatable bonds is 11. The van der Waals surface area contributed by atoms with E-state index in [1.54, 1.807) is 13.0 Å². The summed E-state index contributed by atoms with van der Waals surface area (Å²) in [5, 5.41) is 12.1. The molecule has 0 aliphatic heterocycles. The van der Waals surface area contributed by atoms with Gasteiger partial charge < -0.3 is 5.32 Å². The minimum Gasteiger partial charge on any atom is -0.352 e. The molecule has 44 heavy (non-hydrogen) atoms. The van der Waals surface area contributed by atoms with E-state index in [0.717, 1.165) is 35.3 Å². The zero-order valence-corrected chi connectivity index (χ0v) is 24.8. The lowest BCUT2D eigenvalue weighted by molar-refractivity contribution is -0.137. The van der Waals surface area contributed by atoms with Gasteiger partial charge in [0.1, 0.15) is 11.6 Å². The second-order valence-corrected chi connectivity index (χ2v) is 11.7. The predicted octanol–water partition coefficient (Wildman–Crippen LogP) is 5.04. The summed E-state index contributed by atoms with van der Waals surface area (Å²) in [5.74, 6) is -1.26. The van der Waals surface area contributed by atoms with Crippen LogP contribution in [0.3, 0.4) is 0 Å². The molecular formula is C30H31F4N5O4S. The maximum absolute atomic E-state index is 15.4. The summed E-state index contributed by atoms with van der Waals surface area (Å²) in [4.78, 5) is 26.0. The fraction of sp³-hybridized carbons (Fsp3) is 0.300. The van der Waals surface area contributed by atoms with Crippen molar-refractivity contribution in [1.82, 2.24) is 19.7 Å². The van der Waals surface area contributed by atoms with Gasteiger partial charge in [-0.15, -0.1) is 5.10 Å². The molecule has 0 radical (unpaired) electrons. The van der Waals surface area contributed by atoms with Gasteiger partial charge in [-0.1, -0.05) is 50.6 Å². The molecule has 4 rings (SSSR count). The standard InChI is InChI=1S/C30H31F4N5O4S/c1-3-5-15-36-28(40)20-13-14-23(30(32,33)34)25(17-20)39-29(41)38(27(37-39)8-4-2)18-21-12-11-19(16-24(21)31)22-9-6-7-10-26(22)44(35,42)43/h6-7,9-14,16-17H,3-5,8,15,18H2,1-2H3,(H,36,40)(H2,35,42,43). The molecular weight excluding hydrogens is 602 g/mol. The summed E-state index contributed by atoms with van der Waals surface area (Å²) in [6.45, 7) is 3.68. The molecule has 9 nitrogen and oxygen atoms in total. The number of hydrogen-bond donors (Lipinski definition) is 2. The first-order valence-corrected chi connectivity index (χ1v) is 15.4. The first-order chi connectivity index (χ1) is 20.8. The van der Waals surface area contributed by atoms with Gasteiger partial charge in [-0.2, -0.15) is 17.9 Å². The lowest BCUT2D eigenvalue weighted by Crippen LogP contribution is -2.28. The molecule has 0 aliphatic rings. The Morgan fingerprint density at radius 1 is 1.02 bits per heavy atom. The number of carbonyl (C=O) groups is 1.